The molecule has 4 rings (SSSR count). The molecule has 17 nitrogen and oxygen atoms in total. The van der Waals surface area contributed by atoms with E-state index in [-0.39, 0.29) is 42.8 Å². The first-order valence-corrected chi connectivity index (χ1v) is 26.4. The maximum Gasteiger partial charge on any atom is 0.329 e. The Morgan fingerprint density at radius 1 is 0.863 bits per heavy atom. The second-order valence-corrected chi connectivity index (χ2v) is 21.8. The molecule has 1 saturated carbocycles. The number of hydrogen-bond donors (Lipinski definition) is 4. The number of ether oxygens (including phenoxy) is 6. The fourth-order valence-corrected chi connectivity index (χ4v) is 10.7. The summed E-state index contributed by atoms with van der Waals surface area (Å²) in [5.41, 5.74) is -0.277. The van der Waals surface area contributed by atoms with Gasteiger partial charge >= 0.3 is 11.9 Å². The minimum atomic E-state index is -2.47. The topological polar surface area (TPSA) is 242 Å². The number of carbonyl (C=O) groups excluding carboxylic acids is 6. The number of amides is 1. The average Bonchev–Trinajstić information content (AvgIpc) is 3.37. The fourth-order valence-electron chi connectivity index (χ4n) is 10.7. The van der Waals surface area contributed by atoms with Crippen LogP contribution in [0.25, 0.3) is 0 Å². The summed E-state index contributed by atoms with van der Waals surface area (Å²) in [7, 11) is 4.43. The first kappa shape index (κ1) is 61.6. The number of methoxy groups -OCH3 is 3. The van der Waals surface area contributed by atoms with Crippen LogP contribution in [0.2, 0.25) is 0 Å². The molecule has 4 N–H and O–H groups in total. The van der Waals surface area contributed by atoms with Crippen LogP contribution in [0.4, 0.5) is 0 Å². The first-order chi connectivity index (χ1) is 34.5. The number of hydrogen-bond acceptors (Lipinski definition) is 16. The third-order valence-corrected chi connectivity index (χ3v) is 15.9. The van der Waals surface area contributed by atoms with Crippen molar-refractivity contribution in [2.24, 2.45) is 40.9 Å². The van der Waals surface area contributed by atoms with Gasteiger partial charge in [0, 0.05) is 58.5 Å². The Morgan fingerprint density at radius 3 is 2.21 bits per heavy atom. The summed E-state index contributed by atoms with van der Waals surface area (Å²) >= 11 is 0. The highest BCUT2D eigenvalue weighted by Gasteiger charge is 2.53. The summed E-state index contributed by atoms with van der Waals surface area (Å²) in [6, 6.07) is -1.20. The summed E-state index contributed by atoms with van der Waals surface area (Å²) in [6.07, 6.45) is 9.76. The number of fused-ring (bicyclic) bond motifs is 3. The number of carbonyl (C=O) groups is 6. The second-order valence-electron chi connectivity index (χ2n) is 21.8. The number of aliphatic hydroxyl groups excluding tert-OH is 3. The Kier molecular flexibility index (Phi) is 23.9. The van der Waals surface area contributed by atoms with Crippen LogP contribution in [0.3, 0.4) is 0 Å². The van der Waals surface area contributed by atoms with E-state index >= 15 is 0 Å². The van der Waals surface area contributed by atoms with Crippen LogP contribution >= 0.6 is 0 Å². The third-order valence-electron chi connectivity index (χ3n) is 15.9. The van der Waals surface area contributed by atoms with E-state index in [9.17, 15) is 49.2 Å². The molecular formula is C56H87NO16. The lowest BCUT2D eigenvalue weighted by molar-refractivity contribution is -0.265. The lowest BCUT2D eigenvalue weighted by Gasteiger charge is -2.42. The largest absolute Gasteiger partial charge is 0.460 e. The zero-order valence-electron chi connectivity index (χ0n) is 45.3. The van der Waals surface area contributed by atoms with Gasteiger partial charge in [-0.2, -0.15) is 0 Å². The molecule has 1 amide bonds. The Labute approximate surface area is 433 Å². The minimum absolute atomic E-state index is 0.00697. The fraction of sp³-hybridized carbons (Fsp3) is 0.750. The van der Waals surface area contributed by atoms with E-state index in [1.165, 1.54) is 21.1 Å². The molecule has 0 aromatic carbocycles. The Hall–Kier alpha value is -3.94. The van der Waals surface area contributed by atoms with Gasteiger partial charge in [0.25, 0.3) is 11.7 Å². The Morgan fingerprint density at radius 2 is 1.56 bits per heavy atom. The number of piperidine rings is 1. The minimum Gasteiger partial charge on any atom is -0.460 e. The molecule has 3 fully saturated rings. The van der Waals surface area contributed by atoms with Crippen molar-refractivity contribution >= 4 is 35.2 Å². The summed E-state index contributed by atoms with van der Waals surface area (Å²) in [6.45, 7) is 12.7. The SMILES string of the molecule is CO[C@H]1C[C@@H]2CC[C@@H](C)[C@@](O)(O2)C(=O)C(=O)N2CCCC[C@H]2C(=O)O[C@H]([C@H](C)C[C@@H]2CC[C@@H](OC(=O)C(C)(CO)CO)[C@H](OC)C2)CC(=O)[C@H](C)/C=C(\C)[C@@H](O)[C@@H](OC)C(=O)[C@H](C)C[C@H](C)/C=C/C=C/C=C\1C. The molecule has 4 aliphatic rings. The van der Waals surface area contributed by atoms with Crippen molar-refractivity contribution in [3.63, 3.8) is 0 Å². The van der Waals surface area contributed by atoms with Crippen LogP contribution < -0.4 is 0 Å². The van der Waals surface area contributed by atoms with Crippen molar-refractivity contribution in [1.29, 1.82) is 0 Å². The van der Waals surface area contributed by atoms with Gasteiger partial charge in [-0.1, -0.05) is 71.1 Å². The number of ketones is 3. The van der Waals surface area contributed by atoms with Gasteiger partial charge in [-0.05, 0) is 114 Å². The normalized spacial score (nSPS) is 37.4. The van der Waals surface area contributed by atoms with Crippen LogP contribution in [0, 0.1) is 40.9 Å². The van der Waals surface area contributed by atoms with E-state index in [0.29, 0.717) is 69.8 Å². The van der Waals surface area contributed by atoms with Crippen LogP contribution in [0.1, 0.15) is 132 Å². The van der Waals surface area contributed by atoms with Crippen LogP contribution in [-0.4, -0.2) is 156 Å². The highest BCUT2D eigenvalue weighted by atomic mass is 16.6. The van der Waals surface area contributed by atoms with Gasteiger partial charge in [-0.15, -0.1) is 0 Å². The number of allylic oxidation sites excluding steroid dienone is 6. The van der Waals surface area contributed by atoms with Crippen molar-refractivity contribution in [1.82, 2.24) is 4.90 Å². The number of nitrogens with zero attached hydrogens (tertiary/aromatic N) is 1. The van der Waals surface area contributed by atoms with Gasteiger partial charge in [-0.25, -0.2) is 4.79 Å². The van der Waals surface area contributed by atoms with E-state index in [4.69, 9.17) is 28.4 Å². The third kappa shape index (κ3) is 16.0. The number of aliphatic hydroxyl groups is 4. The first-order valence-electron chi connectivity index (χ1n) is 26.4. The van der Waals surface area contributed by atoms with Gasteiger partial charge in [0.15, 0.2) is 5.78 Å². The van der Waals surface area contributed by atoms with Crippen LogP contribution in [-0.2, 0) is 57.2 Å². The molecule has 1 aliphatic carbocycles. The zero-order chi connectivity index (χ0) is 54.4. The smallest absolute Gasteiger partial charge is 0.329 e. The van der Waals surface area contributed by atoms with Crippen molar-refractivity contribution in [2.45, 2.75) is 187 Å². The Balaban J connectivity index is 1.69. The maximum atomic E-state index is 14.5. The lowest BCUT2D eigenvalue weighted by atomic mass is 9.78. The highest BCUT2D eigenvalue weighted by molar-refractivity contribution is 6.39. The molecular weight excluding hydrogens is 943 g/mol. The molecule has 3 heterocycles. The predicted octanol–water partition coefficient (Wildman–Crippen LogP) is 5.72. The molecule has 0 spiro atoms. The number of cyclic esters (lactones) is 1. The van der Waals surface area contributed by atoms with E-state index < -0.39 is 120 Å². The molecule has 2 bridgehead atoms. The van der Waals surface area contributed by atoms with Crippen molar-refractivity contribution in [3.8, 4) is 0 Å². The van der Waals surface area contributed by atoms with Gasteiger partial charge < -0.3 is 53.7 Å². The quantitative estimate of drug-likeness (QED) is 0.116. The molecule has 17 heteroatoms. The number of rotatable bonds is 10. The van der Waals surface area contributed by atoms with Gasteiger partial charge in [0.05, 0.1) is 31.5 Å². The molecule has 0 aromatic rings. The summed E-state index contributed by atoms with van der Waals surface area (Å²) in [4.78, 5) is 85.4. The molecule has 2 saturated heterocycles. The average molecular weight is 1030 g/mol. The van der Waals surface area contributed by atoms with E-state index in [0.717, 1.165) is 10.5 Å². The number of Topliss-reactive ketones (excluding diaryl/α,β-unsaturated/α-hetero) is 3. The monoisotopic (exact) mass is 1030 g/mol. The standard InChI is InChI=1S/C56H87NO16/c1-33-17-13-12-14-18-34(2)45(68-9)29-41-22-20-39(7)56(67,73-41)51(63)52(64)57-24-16-15-19-42(57)53(65)71-46(30-43(60)35(3)26-38(6)49(62)50(70-11)48(61)37(5)25-33)36(4)27-40-21-23-44(47(28-40)69-10)72-54(66)55(8,31-58)32-59/h12-14,17-18,26,33,35-37,39-42,44-47,49-50,58-59,62,67H,15-16,19-25,27-32H2,1-11H3/b14-12+,17-13+,34-18-,38-26+/t33-,35-,36-,37-,39-,40+,41+,42+,44-,45+,46+,47-,49-,50+,56-/m1/s1. The maximum absolute atomic E-state index is 14.5. The summed E-state index contributed by atoms with van der Waals surface area (Å²) in [5.74, 6) is -9.36. The molecule has 3 aliphatic heterocycles. The number of esters is 2. The molecule has 0 aromatic heterocycles. The molecule has 73 heavy (non-hydrogen) atoms. The lowest BCUT2D eigenvalue weighted by Crippen LogP contribution is -2.61. The van der Waals surface area contributed by atoms with E-state index in [1.807, 2.05) is 51.2 Å². The van der Waals surface area contributed by atoms with Crippen molar-refractivity contribution < 1.29 is 77.6 Å². The van der Waals surface area contributed by atoms with Gasteiger partial charge in [0.2, 0.25) is 5.79 Å². The van der Waals surface area contributed by atoms with Crippen molar-refractivity contribution in [3.05, 3.63) is 47.6 Å². The zero-order valence-corrected chi connectivity index (χ0v) is 45.3. The summed E-state index contributed by atoms with van der Waals surface area (Å²) in [5, 5.41) is 43.1. The molecule has 412 valence electrons. The predicted molar refractivity (Wildman–Crippen MR) is 271 cm³/mol. The van der Waals surface area contributed by atoms with Crippen molar-refractivity contribution in [2.75, 3.05) is 41.1 Å². The Bertz CT molecular complexity index is 2010. The summed E-state index contributed by atoms with van der Waals surface area (Å²) < 4.78 is 35.4. The molecule has 0 radical (unpaired) electrons. The highest BCUT2D eigenvalue weighted by Crippen LogP contribution is 2.38. The molecule has 0 unspecified atom stereocenters. The van der Waals surface area contributed by atoms with E-state index in [2.05, 4.69) is 0 Å². The second kappa shape index (κ2) is 28.3. The van der Waals surface area contributed by atoms with Gasteiger partial charge in [-0.3, -0.25) is 24.0 Å². The van der Waals surface area contributed by atoms with Crippen LogP contribution in [0.5, 0.6) is 0 Å². The van der Waals surface area contributed by atoms with Gasteiger partial charge in [0.1, 0.15) is 41.7 Å². The molecule has 15 atom stereocenters. The van der Waals surface area contributed by atoms with E-state index in [1.54, 1.807) is 40.9 Å². The van der Waals surface area contributed by atoms with Crippen LogP contribution in [0.15, 0.2) is 47.6 Å².